The van der Waals surface area contributed by atoms with Crippen molar-refractivity contribution < 1.29 is 8.42 Å². The number of fused-ring (bicyclic) bond motifs is 3. The van der Waals surface area contributed by atoms with E-state index >= 15 is 0 Å². The molecule has 3 aromatic carbocycles. The summed E-state index contributed by atoms with van der Waals surface area (Å²) in [5.74, 6) is 0. The second kappa shape index (κ2) is 5.36. The number of aromatic nitrogens is 1. The van der Waals surface area contributed by atoms with E-state index in [1.807, 2.05) is 37.3 Å². The van der Waals surface area contributed by atoms with Crippen LogP contribution in [0.15, 0.2) is 71.6 Å². The zero-order valence-electron chi connectivity index (χ0n) is 12.9. The van der Waals surface area contributed by atoms with Gasteiger partial charge in [0.25, 0.3) is 10.0 Å². The van der Waals surface area contributed by atoms with E-state index in [4.69, 9.17) is 11.6 Å². The van der Waals surface area contributed by atoms with Gasteiger partial charge < -0.3 is 0 Å². The van der Waals surface area contributed by atoms with E-state index in [1.165, 1.54) is 3.97 Å². The fourth-order valence-electron chi connectivity index (χ4n) is 3.13. The summed E-state index contributed by atoms with van der Waals surface area (Å²) >= 11 is 6.39. The Kier molecular flexibility index (Phi) is 3.41. The predicted octanol–water partition coefficient (Wildman–Crippen LogP) is 4.99. The van der Waals surface area contributed by atoms with Crippen LogP contribution in [-0.4, -0.2) is 12.4 Å². The third-order valence-corrected chi connectivity index (χ3v) is 6.22. The lowest BCUT2D eigenvalue weighted by molar-refractivity contribution is 0.590. The second-order valence-corrected chi connectivity index (χ2v) is 7.88. The lowest BCUT2D eigenvalue weighted by Crippen LogP contribution is -2.13. The maximum absolute atomic E-state index is 13.3. The standard InChI is InChI=1S/C19H14ClNO2S/c1-13-7-5-10-15-16-11-6-12-17(20)19(16)21(18(13)15)24(22,23)14-8-3-2-4-9-14/h2-12H,1H3. The summed E-state index contributed by atoms with van der Waals surface area (Å²) in [5.41, 5.74) is 2.08. The van der Waals surface area contributed by atoms with Crippen molar-refractivity contribution in [2.24, 2.45) is 0 Å². The number of para-hydroxylation sites is 2. The smallest absolute Gasteiger partial charge is 0.231 e. The zero-order chi connectivity index (χ0) is 16.9. The van der Waals surface area contributed by atoms with Gasteiger partial charge in [0.05, 0.1) is 21.0 Å². The van der Waals surface area contributed by atoms with Crippen LogP contribution in [0.3, 0.4) is 0 Å². The third kappa shape index (κ3) is 2.07. The molecule has 120 valence electrons. The van der Waals surface area contributed by atoms with Gasteiger partial charge in [-0.25, -0.2) is 12.4 Å². The predicted molar refractivity (Wildman–Crippen MR) is 98.2 cm³/mol. The van der Waals surface area contributed by atoms with Crippen molar-refractivity contribution in [1.29, 1.82) is 0 Å². The summed E-state index contributed by atoms with van der Waals surface area (Å²) in [6.45, 7) is 1.91. The summed E-state index contributed by atoms with van der Waals surface area (Å²) < 4.78 is 28.0. The van der Waals surface area contributed by atoms with E-state index in [1.54, 1.807) is 36.4 Å². The number of halogens is 1. The van der Waals surface area contributed by atoms with Crippen LogP contribution in [0.2, 0.25) is 5.02 Å². The van der Waals surface area contributed by atoms with Crippen molar-refractivity contribution in [1.82, 2.24) is 3.97 Å². The highest BCUT2D eigenvalue weighted by Gasteiger charge is 2.25. The Morgan fingerprint density at radius 3 is 2.12 bits per heavy atom. The van der Waals surface area contributed by atoms with E-state index in [9.17, 15) is 8.42 Å². The van der Waals surface area contributed by atoms with E-state index in [0.29, 0.717) is 16.1 Å². The van der Waals surface area contributed by atoms with Gasteiger partial charge in [0.2, 0.25) is 0 Å². The van der Waals surface area contributed by atoms with Gasteiger partial charge in [0, 0.05) is 10.8 Å². The van der Waals surface area contributed by atoms with Crippen LogP contribution in [-0.2, 0) is 10.0 Å². The molecule has 1 heterocycles. The molecule has 0 bridgehead atoms. The maximum Gasteiger partial charge on any atom is 0.268 e. The number of benzene rings is 3. The molecule has 0 saturated heterocycles. The molecule has 0 amide bonds. The van der Waals surface area contributed by atoms with Gasteiger partial charge in [0.15, 0.2) is 0 Å². The van der Waals surface area contributed by atoms with Crippen LogP contribution >= 0.6 is 11.6 Å². The maximum atomic E-state index is 13.3. The molecule has 5 heteroatoms. The molecule has 0 atom stereocenters. The van der Waals surface area contributed by atoms with Gasteiger partial charge in [-0.3, -0.25) is 0 Å². The first-order valence-electron chi connectivity index (χ1n) is 7.50. The number of rotatable bonds is 2. The minimum Gasteiger partial charge on any atom is -0.231 e. The summed E-state index contributed by atoms with van der Waals surface area (Å²) in [5, 5.41) is 2.13. The lowest BCUT2D eigenvalue weighted by Gasteiger charge is -2.11. The Balaban J connectivity index is 2.26. The molecular weight excluding hydrogens is 342 g/mol. The van der Waals surface area contributed by atoms with Gasteiger partial charge in [-0.1, -0.05) is 60.1 Å². The first kappa shape index (κ1) is 15.2. The van der Waals surface area contributed by atoms with Crippen LogP contribution in [0.1, 0.15) is 5.56 Å². The molecule has 0 radical (unpaired) electrons. The normalized spacial score (nSPS) is 12.1. The molecular formula is C19H14ClNO2S. The number of nitrogens with zero attached hydrogens (tertiary/aromatic N) is 1. The van der Waals surface area contributed by atoms with Gasteiger partial charge >= 0.3 is 0 Å². The fourth-order valence-corrected chi connectivity index (χ4v) is 5.08. The molecule has 0 spiro atoms. The van der Waals surface area contributed by atoms with Gasteiger partial charge in [-0.05, 0) is 30.7 Å². The zero-order valence-corrected chi connectivity index (χ0v) is 14.5. The molecule has 0 aliphatic rings. The van der Waals surface area contributed by atoms with Crippen molar-refractivity contribution in [3.05, 3.63) is 77.3 Å². The Morgan fingerprint density at radius 1 is 0.792 bits per heavy atom. The van der Waals surface area contributed by atoms with Crippen molar-refractivity contribution in [3.63, 3.8) is 0 Å². The Labute approximate surface area is 145 Å². The minimum absolute atomic E-state index is 0.243. The highest BCUT2D eigenvalue weighted by molar-refractivity contribution is 7.90. The molecule has 1 aromatic heterocycles. The largest absolute Gasteiger partial charge is 0.268 e. The Morgan fingerprint density at radius 2 is 1.42 bits per heavy atom. The van der Waals surface area contributed by atoms with Gasteiger partial charge in [0.1, 0.15) is 0 Å². The third-order valence-electron chi connectivity index (χ3n) is 4.20. The molecule has 0 N–H and O–H groups in total. The van der Waals surface area contributed by atoms with Crippen LogP contribution < -0.4 is 0 Å². The van der Waals surface area contributed by atoms with Crippen molar-refractivity contribution in [2.45, 2.75) is 11.8 Å². The Bertz CT molecular complexity index is 1120. The highest BCUT2D eigenvalue weighted by atomic mass is 35.5. The molecule has 4 aromatic rings. The molecule has 0 unspecified atom stereocenters. The average Bonchev–Trinajstić information content (AvgIpc) is 2.94. The molecule has 0 aliphatic carbocycles. The first-order chi connectivity index (χ1) is 11.5. The molecule has 0 aliphatic heterocycles. The number of aryl methyl sites for hydroxylation is 1. The monoisotopic (exact) mass is 355 g/mol. The topological polar surface area (TPSA) is 39.1 Å². The van der Waals surface area contributed by atoms with Crippen LogP contribution in [0.4, 0.5) is 0 Å². The van der Waals surface area contributed by atoms with Gasteiger partial charge in [-0.15, -0.1) is 0 Å². The van der Waals surface area contributed by atoms with Crippen molar-refractivity contribution in [3.8, 4) is 0 Å². The minimum atomic E-state index is -3.76. The fraction of sp³-hybridized carbons (Fsp3) is 0.0526. The highest BCUT2D eigenvalue weighted by Crippen LogP contribution is 2.37. The van der Waals surface area contributed by atoms with E-state index in [0.717, 1.165) is 16.3 Å². The molecule has 3 nitrogen and oxygen atoms in total. The average molecular weight is 356 g/mol. The van der Waals surface area contributed by atoms with E-state index in [2.05, 4.69) is 0 Å². The number of hydrogen-bond donors (Lipinski definition) is 0. The summed E-state index contributed by atoms with van der Waals surface area (Å²) in [6.07, 6.45) is 0. The molecule has 0 fully saturated rings. The molecule has 0 saturated carbocycles. The molecule has 24 heavy (non-hydrogen) atoms. The van der Waals surface area contributed by atoms with Gasteiger partial charge in [-0.2, -0.15) is 0 Å². The summed E-state index contributed by atoms with van der Waals surface area (Å²) in [7, 11) is -3.76. The van der Waals surface area contributed by atoms with Crippen LogP contribution in [0.5, 0.6) is 0 Å². The quantitative estimate of drug-likeness (QED) is 0.508. The van der Waals surface area contributed by atoms with Crippen molar-refractivity contribution >= 4 is 43.4 Å². The van der Waals surface area contributed by atoms with Crippen molar-refractivity contribution in [2.75, 3.05) is 0 Å². The molecule has 4 rings (SSSR count). The summed E-state index contributed by atoms with van der Waals surface area (Å²) in [4.78, 5) is 0.243. The summed E-state index contributed by atoms with van der Waals surface area (Å²) in [6, 6.07) is 19.7. The Hall–Kier alpha value is -2.30. The van der Waals surface area contributed by atoms with E-state index in [-0.39, 0.29) is 4.90 Å². The first-order valence-corrected chi connectivity index (χ1v) is 9.32. The van der Waals surface area contributed by atoms with Crippen LogP contribution in [0, 0.1) is 6.92 Å². The SMILES string of the molecule is Cc1cccc2c3cccc(Cl)c3n(S(=O)(=O)c3ccccc3)c12. The van der Waals surface area contributed by atoms with E-state index < -0.39 is 10.0 Å². The second-order valence-electron chi connectivity index (χ2n) is 5.69. The lowest BCUT2D eigenvalue weighted by atomic mass is 10.1. The number of hydrogen-bond acceptors (Lipinski definition) is 2. The van der Waals surface area contributed by atoms with Crippen LogP contribution in [0.25, 0.3) is 21.8 Å².